The van der Waals surface area contributed by atoms with Gasteiger partial charge < -0.3 is 14.7 Å². The molecule has 0 bridgehead atoms. The molecule has 0 aliphatic carbocycles. The molecule has 1 heterocycles. The Bertz CT molecular complexity index is 601. The van der Waals surface area contributed by atoms with Crippen LogP contribution in [0, 0.1) is 0 Å². The SMILES string of the molecule is [N-]=[N+]=NCCC(O)C(C(=O)OCc1ccccc1)N1CCC1=O. The van der Waals surface area contributed by atoms with Crippen molar-refractivity contribution >= 4 is 11.9 Å². The quantitative estimate of drug-likeness (QED) is 0.256. The first-order valence-electron chi connectivity index (χ1n) is 7.32. The van der Waals surface area contributed by atoms with E-state index in [9.17, 15) is 14.7 Å². The number of carbonyl (C=O) groups excluding carboxylic acids is 2. The van der Waals surface area contributed by atoms with Crippen LogP contribution in [0.5, 0.6) is 0 Å². The van der Waals surface area contributed by atoms with Crippen molar-refractivity contribution in [1.82, 2.24) is 4.90 Å². The van der Waals surface area contributed by atoms with Crippen LogP contribution < -0.4 is 0 Å². The summed E-state index contributed by atoms with van der Waals surface area (Å²) in [7, 11) is 0. The number of aliphatic hydroxyl groups is 1. The zero-order valence-electron chi connectivity index (χ0n) is 12.5. The predicted octanol–water partition coefficient (Wildman–Crippen LogP) is 1.39. The molecule has 1 fully saturated rings. The molecule has 2 rings (SSSR count). The number of benzene rings is 1. The minimum Gasteiger partial charge on any atom is -0.459 e. The number of likely N-dealkylation sites (tertiary alicyclic amines) is 1. The minimum atomic E-state index is -1.13. The lowest BCUT2D eigenvalue weighted by Gasteiger charge is -2.38. The molecule has 0 saturated carbocycles. The molecule has 1 amide bonds. The molecule has 0 spiro atoms. The molecule has 1 N–H and O–H groups in total. The van der Waals surface area contributed by atoms with Crippen molar-refractivity contribution in [2.24, 2.45) is 5.11 Å². The van der Waals surface area contributed by atoms with Crippen molar-refractivity contribution in [3.63, 3.8) is 0 Å². The van der Waals surface area contributed by atoms with Gasteiger partial charge in [-0.1, -0.05) is 35.4 Å². The molecule has 2 unspecified atom stereocenters. The topological polar surface area (TPSA) is 116 Å². The number of rotatable bonds is 8. The van der Waals surface area contributed by atoms with Crippen molar-refractivity contribution in [2.75, 3.05) is 13.1 Å². The number of hydrogen-bond donors (Lipinski definition) is 1. The van der Waals surface area contributed by atoms with Crippen LogP contribution in [0.25, 0.3) is 10.4 Å². The normalized spacial score (nSPS) is 16.0. The number of azide groups is 1. The van der Waals surface area contributed by atoms with Crippen molar-refractivity contribution in [3.05, 3.63) is 46.3 Å². The number of nitrogens with zero attached hydrogens (tertiary/aromatic N) is 4. The summed E-state index contributed by atoms with van der Waals surface area (Å²) in [6, 6.07) is 8.08. The van der Waals surface area contributed by atoms with E-state index in [1.807, 2.05) is 30.3 Å². The van der Waals surface area contributed by atoms with E-state index >= 15 is 0 Å². The Kier molecular flexibility index (Phi) is 5.96. The van der Waals surface area contributed by atoms with Crippen LogP contribution in [0.15, 0.2) is 35.4 Å². The highest BCUT2D eigenvalue weighted by Crippen LogP contribution is 2.19. The summed E-state index contributed by atoms with van der Waals surface area (Å²) in [6.07, 6.45) is -0.696. The number of aliphatic hydroxyl groups excluding tert-OH is 1. The van der Waals surface area contributed by atoms with Crippen LogP contribution in [0.4, 0.5) is 0 Å². The van der Waals surface area contributed by atoms with Crippen molar-refractivity contribution in [2.45, 2.75) is 31.6 Å². The summed E-state index contributed by atoms with van der Waals surface area (Å²) in [5.41, 5.74) is 9.08. The van der Waals surface area contributed by atoms with Crippen LogP contribution in [0.1, 0.15) is 18.4 Å². The first kappa shape index (κ1) is 16.8. The molecular weight excluding hydrogens is 300 g/mol. The van der Waals surface area contributed by atoms with Gasteiger partial charge in [-0.2, -0.15) is 0 Å². The Balaban J connectivity index is 1.99. The molecule has 1 aromatic carbocycles. The first-order valence-corrected chi connectivity index (χ1v) is 7.32. The van der Waals surface area contributed by atoms with Gasteiger partial charge in [0.25, 0.3) is 0 Å². The Morgan fingerprint density at radius 2 is 2.17 bits per heavy atom. The number of ether oxygens (including phenoxy) is 1. The molecule has 0 radical (unpaired) electrons. The largest absolute Gasteiger partial charge is 0.459 e. The standard InChI is InChI=1S/C15H18N4O4/c16-18-17-8-6-12(20)14(19-9-7-13(19)21)15(22)23-10-11-4-2-1-3-5-11/h1-5,12,14,20H,6-10H2. The first-order chi connectivity index (χ1) is 11.1. The van der Waals surface area contributed by atoms with Gasteiger partial charge in [-0.25, -0.2) is 4.79 Å². The Hall–Kier alpha value is -2.57. The van der Waals surface area contributed by atoms with Gasteiger partial charge in [0, 0.05) is 24.4 Å². The van der Waals surface area contributed by atoms with Gasteiger partial charge in [-0.15, -0.1) is 0 Å². The van der Waals surface area contributed by atoms with E-state index in [-0.39, 0.29) is 25.5 Å². The summed E-state index contributed by atoms with van der Waals surface area (Å²) >= 11 is 0. The number of carbonyl (C=O) groups is 2. The molecule has 8 nitrogen and oxygen atoms in total. The van der Waals surface area contributed by atoms with E-state index in [0.29, 0.717) is 13.0 Å². The van der Waals surface area contributed by atoms with Crippen LogP contribution in [0.2, 0.25) is 0 Å². The Morgan fingerprint density at radius 1 is 1.43 bits per heavy atom. The van der Waals surface area contributed by atoms with E-state index < -0.39 is 18.1 Å². The third-order valence-electron chi connectivity index (χ3n) is 3.64. The molecule has 122 valence electrons. The third-order valence-corrected chi connectivity index (χ3v) is 3.64. The van der Waals surface area contributed by atoms with Gasteiger partial charge in [0.1, 0.15) is 6.61 Å². The maximum atomic E-state index is 12.3. The Morgan fingerprint density at radius 3 is 2.74 bits per heavy atom. The fourth-order valence-corrected chi connectivity index (χ4v) is 2.33. The van der Waals surface area contributed by atoms with Crippen LogP contribution >= 0.6 is 0 Å². The van der Waals surface area contributed by atoms with Crippen molar-refractivity contribution in [1.29, 1.82) is 0 Å². The monoisotopic (exact) mass is 318 g/mol. The minimum absolute atomic E-state index is 0.0438. The van der Waals surface area contributed by atoms with Crippen LogP contribution in [-0.4, -0.2) is 47.1 Å². The molecule has 2 atom stereocenters. The fourth-order valence-electron chi connectivity index (χ4n) is 2.33. The third kappa shape index (κ3) is 4.45. The zero-order chi connectivity index (χ0) is 16.7. The summed E-state index contributed by atoms with van der Waals surface area (Å²) < 4.78 is 5.23. The van der Waals surface area contributed by atoms with E-state index in [4.69, 9.17) is 10.3 Å². The lowest BCUT2D eigenvalue weighted by molar-refractivity contribution is -0.167. The second-order valence-corrected chi connectivity index (χ2v) is 5.19. The van der Waals surface area contributed by atoms with Crippen molar-refractivity contribution in [3.8, 4) is 0 Å². The zero-order valence-corrected chi connectivity index (χ0v) is 12.5. The summed E-state index contributed by atoms with van der Waals surface area (Å²) in [6.45, 7) is 0.520. The fraction of sp³-hybridized carbons (Fsp3) is 0.467. The van der Waals surface area contributed by atoms with E-state index in [2.05, 4.69) is 10.0 Å². The van der Waals surface area contributed by atoms with Crippen molar-refractivity contribution < 1.29 is 19.4 Å². The maximum Gasteiger partial charge on any atom is 0.331 e. The molecule has 1 saturated heterocycles. The van der Waals surface area contributed by atoms with Gasteiger partial charge >= 0.3 is 5.97 Å². The van der Waals surface area contributed by atoms with Gasteiger partial charge in [-0.05, 0) is 17.5 Å². The summed E-state index contributed by atoms with van der Waals surface area (Å²) in [5.74, 6) is -0.857. The second kappa shape index (κ2) is 8.17. The number of esters is 1. The van der Waals surface area contributed by atoms with Gasteiger partial charge in [-0.3, -0.25) is 4.79 Å². The molecule has 0 aromatic heterocycles. The summed E-state index contributed by atoms with van der Waals surface area (Å²) in [5, 5.41) is 13.5. The van der Waals surface area contributed by atoms with E-state index in [1.165, 1.54) is 4.90 Å². The van der Waals surface area contributed by atoms with Gasteiger partial charge in [0.15, 0.2) is 6.04 Å². The molecular formula is C15H18N4O4. The number of amides is 1. The number of β-lactam (4-membered cyclic amide) rings is 1. The van der Waals surface area contributed by atoms with E-state index in [1.54, 1.807) is 0 Å². The number of hydrogen-bond acceptors (Lipinski definition) is 5. The highest BCUT2D eigenvalue weighted by atomic mass is 16.5. The molecule has 8 heteroatoms. The maximum absolute atomic E-state index is 12.3. The van der Waals surface area contributed by atoms with Gasteiger partial charge in [0.2, 0.25) is 5.91 Å². The molecule has 23 heavy (non-hydrogen) atoms. The lowest BCUT2D eigenvalue weighted by Crippen LogP contribution is -2.58. The highest BCUT2D eigenvalue weighted by molar-refractivity contribution is 5.88. The molecule has 1 aromatic rings. The average molecular weight is 318 g/mol. The van der Waals surface area contributed by atoms with E-state index in [0.717, 1.165) is 5.56 Å². The van der Waals surface area contributed by atoms with Gasteiger partial charge in [0.05, 0.1) is 6.10 Å². The lowest BCUT2D eigenvalue weighted by atomic mass is 10.0. The average Bonchev–Trinajstić information content (AvgIpc) is 2.57. The predicted molar refractivity (Wildman–Crippen MR) is 81.0 cm³/mol. The molecule has 1 aliphatic heterocycles. The highest BCUT2D eigenvalue weighted by Gasteiger charge is 2.40. The summed E-state index contributed by atoms with van der Waals surface area (Å²) in [4.78, 5) is 27.8. The van der Waals surface area contributed by atoms with Crippen LogP contribution in [0.3, 0.4) is 0 Å². The van der Waals surface area contributed by atoms with Crippen LogP contribution in [-0.2, 0) is 20.9 Å². The smallest absolute Gasteiger partial charge is 0.331 e. The Labute approximate surface area is 133 Å². The second-order valence-electron chi connectivity index (χ2n) is 5.19. The molecule has 1 aliphatic rings.